The van der Waals surface area contributed by atoms with Gasteiger partial charge in [0.25, 0.3) is 5.91 Å². The molecule has 2 aromatic carbocycles. The third-order valence-electron chi connectivity index (χ3n) is 4.54. The zero-order valence-electron chi connectivity index (χ0n) is 16.7. The van der Waals surface area contributed by atoms with Crippen LogP contribution >= 0.6 is 34.9 Å². The fraction of sp³-hybridized carbons (Fsp3) is 0.174. The normalized spacial score (nSPS) is 11.0. The first kappa shape index (κ1) is 20.9. The van der Waals surface area contributed by atoms with Crippen LogP contribution in [0.4, 0.5) is 5.13 Å². The van der Waals surface area contributed by atoms with Crippen molar-refractivity contribution in [2.24, 2.45) is 0 Å². The number of pyridine rings is 1. The average Bonchev–Trinajstić information content (AvgIpc) is 3.21. The minimum Gasteiger partial charge on any atom is -0.279 e. The summed E-state index contributed by atoms with van der Waals surface area (Å²) < 4.78 is 1.08. The molecule has 2 heterocycles. The van der Waals surface area contributed by atoms with Gasteiger partial charge in [0.2, 0.25) is 0 Å². The number of carbonyl (C=O) groups is 1. The van der Waals surface area contributed by atoms with Gasteiger partial charge < -0.3 is 0 Å². The molecular weight excluding hydrogens is 430 g/mol. The van der Waals surface area contributed by atoms with Crippen LogP contribution in [-0.2, 0) is 6.54 Å². The minimum atomic E-state index is -0.0592. The van der Waals surface area contributed by atoms with Gasteiger partial charge in [-0.3, -0.25) is 14.7 Å². The molecule has 4 rings (SSSR count). The lowest BCUT2D eigenvalue weighted by Crippen LogP contribution is -2.30. The molecule has 0 saturated carbocycles. The topological polar surface area (TPSA) is 46.1 Å². The number of aromatic nitrogens is 2. The lowest BCUT2D eigenvalue weighted by atomic mass is 10.2. The number of rotatable bonds is 7. The molecule has 30 heavy (non-hydrogen) atoms. The molecule has 0 aliphatic heterocycles. The molecule has 0 unspecified atom stereocenters. The molecule has 152 valence electrons. The van der Waals surface area contributed by atoms with Gasteiger partial charge in [0.05, 0.1) is 16.8 Å². The summed E-state index contributed by atoms with van der Waals surface area (Å²) in [6.45, 7) is 2.54. The molecule has 0 N–H and O–H groups in total. The minimum absolute atomic E-state index is 0.0592. The second-order valence-corrected chi connectivity index (χ2v) is 9.77. The van der Waals surface area contributed by atoms with Gasteiger partial charge in [-0.05, 0) is 66.1 Å². The van der Waals surface area contributed by atoms with E-state index in [4.69, 9.17) is 4.98 Å². The van der Waals surface area contributed by atoms with Crippen LogP contribution in [0.15, 0.2) is 76.8 Å². The highest BCUT2D eigenvalue weighted by atomic mass is 32.2. The molecule has 0 atom stereocenters. The van der Waals surface area contributed by atoms with Gasteiger partial charge in [-0.1, -0.05) is 24.3 Å². The van der Waals surface area contributed by atoms with E-state index in [1.54, 1.807) is 52.2 Å². The molecule has 0 fully saturated rings. The van der Waals surface area contributed by atoms with Crippen molar-refractivity contribution in [2.75, 3.05) is 16.9 Å². The average molecular weight is 452 g/mol. The van der Waals surface area contributed by atoms with Crippen LogP contribution < -0.4 is 4.90 Å². The first-order chi connectivity index (χ1) is 14.7. The van der Waals surface area contributed by atoms with Crippen LogP contribution in [0.25, 0.3) is 10.2 Å². The summed E-state index contributed by atoms with van der Waals surface area (Å²) >= 11 is 5.01. The first-order valence-corrected chi connectivity index (χ1v) is 12.6. The zero-order chi connectivity index (χ0) is 20.9. The molecule has 0 spiro atoms. The quantitative estimate of drug-likeness (QED) is 0.305. The van der Waals surface area contributed by atoms with Gasteiger partial charge in [0, 0.05) is 27.7 Å². The van der Waals surface area contributed by atoms with E-state index >= 15 is 0 Å². The van der Waals surface area contributed by atoms with Crippen LogP contribution in [0, 0.1) is 0 Å². The number of thioether (sulfide) groups is 2. The summed E-state index contributed by atoms with van der Waals surface area (Å²) in [5, 5.41) is 0.698. The highest BCUT2D eigenvalue weighted by Gasteiger charge is 2.22. The predicted octanol–water partition coefficient (Wildman–Crippen LogP) is 6.37. The molecule has 4 aromatic rings. The van der Waals surface area contributed by atoms with Crippen molar-refractivity contribution in [2.45, 2.75) is 23.3 Å². The van der Waals surface area contributed by atoms with Gasteiger partial charge in [0.1, 0.15) is 0 Å². The van der Waals surface area contributed by atoms with E-state index < -0.39 is 0 Å². The number of fused-ring (bicyclic) bond motifs is 1. The largest absolute Gasteiger partial charge is 0.279 e. The Morgan fingerprint density at radius 3 is 2.60 bits per heavy atom. The number of hydrogen-bond donors (Lipinski definition) is 0. The van der Waals surface area contributed by atoms with Crippen molar-refractivity contribution in [3.63, 3.8) is 0 Å². The number of benzene rings is 2. The van der Waals surface area contributed by atoms with Crippen LogP contribution in [0.2, 0.25) is 0 Å². The van der Waals surface area contributed by atoms with Crippen molar-refractivity contribution < 1.29 is 4.79 Å². The Hall–Kier alpha value is -2.35. The van der Waals surface area contributed by atoms with Crippen molar-refractivity contribution in [3.8, 4) is 0 Å². The standard InChI is InChI=1S/C23H21N3OS3/c1-3-29-18-8-6-17(7-9-18)22(27)26(15-16-5-4-12-24-14-16)23-25-20-11-10-19(28-2)13-21(20)30-23/h4-14H,3,15H2,1-2H3. The molecule has 0 aliphatic carbocycles. The third kappa shape index (κ3) is 4.69. The van der Waals surface area contributed by atoms with Crippen LogP contribution in [0.3, 0.4) is 0 Å². The van der Waals surface area contributed by atoms with E-state index in [9.17, 15) is 4.79 Å². The number of carbonyl (C=O) groups excluding carboxylic acids is 1. The molecular formula is C23H21N3OS3. The van der Waals surface area contributed by atoms with E-state index in [1.807, 2.05) is 42.5 Å². The van der Waals surface area contributed by atoms with Crippen LogP contribution in [0.1, 0.15) is 22.8 Å². The van der Waals surface area contributed by atoms with E-state index in [-0.39, 0.29) is 5.91 Å². The van der Waals surface area contributed by atoms with Crippen molar-refractivity contribution in [1.82, 2.24) is 9.97 Å². The molecule has 0 bridgehead atoms. The fourth-order valence-corrected chi connectivity index (χ4v) is 5.23. The fourth-order valence-electron chi connectivity index (χ4n) is 3.05. The van der Waals surface area contributed by atoms with Gasteiger partial charge in [-0.2, -0.15) is 0 Å². The number of anilines is 1. The summed E-state index contributed by atoms with van der Waals surface area (Å²) in [7, 11) is 0. The van der Waals surface area contributed by atoms with Crippen LogP contribution in [0.5, 0.6) is 0 Å². The van der Waals surface area contributed by atoms with E-state index in [0.29, 0.717) is 17.2 Å². The Kier molecular flexibility index (Phi) is 6.72. The summed E-state index contributed by atoms with van der Waals surface area (Å²) in [6, 6.07) is 17.9. The molecule has 0 aliphatic rings. The summed E-state index contributed by atoms with van der Waals surface area (Å²) in [5.74, 6) is 0.945. The Balaban J connectivity index is 1.71. The Labute approximate surface area is 188 Å². The number of nitrogens with zero attached hydrogens (tertiary/aromatic N) is 3. The van der Waals surface area contributed by atoms with Gasteiger partial charge >= 0.3 is 0 Å². The Morgan fingerprint density at radius 2 is 1.90 bits per heavy atom. The second kappa shape index (κ2) is 9.64. The summed E-state index contributed by atoms with van der Waals surface area (Å²) in [4.78, 5) is 26.6. The van der Waals surface area contributed by atoms with Gasteiger partial charge in [0.15, 0.2) is 5.13 Å². The third-order valence-corrected chi connectivity index (χ3v) is 7.20. The maximum atomic E-state index is 13.5. The lowest BCUT2D eigenvalue weighted by molar-refractivity contribution is 0.0985. The second-order valence-electron chi connectivity index (χ2n) is 6.54. The number of hydrogen-bond acceptors (Lipinski definition) is 6. The smallest absolute Gasteiger partial charge is 0.260 e. The van der Waals surface area contributed by atoms with E-state index in [0.717, 1.165) is 26.4 Å². The van der Waals surface area contributed by atoms with Crippen molar-refractivity contribution in [3.05, 3.63) is 78.1 Å². The highest BCUT2D eigenvalue weighted by molar-refractivity contribution is 7.99. The number of thiazole rings is 1. The van der Waals surface area contributed by atoms with Crippen molar-refractivity contribution >= 4 is 56.1 Å². The molecule has 0 radical (unpaired) electrons. The number of amides is 1. The maximum Gasteiger partial charge on any atom is 0.260 e. The van der Waals surface area contributed by atoms with Gasteiger partial charge in [-0.25, -0.2) is 4.98 Å². The Bertz CT molecular complexity index is 1140. The van der Waals surface area contributed by atoms with Crippen molar-refractivity contribution in [1.29, 1.82) is 0 Å². The molecule has 1 amide bonds. The van der Waals surface area contributed by atoms with Crippen LogP contribution in [-0.4, -0.2) is 27.9 Å². The molecule has 7 heteroatoms. The van der Waals surface area contributed by atoms with Gasteiger partial charge in [-0.15, -0.1) is 23.5 Å². The SMILES string of the molecule is CCSc1ccc(C(=O)N(Cc2cccnc2)c2nc3ccc(SC)cc3s2)cc1. The summed E-state index contributed by atoms with van der Waals surface area (Å²) in [6.07, 6.45) is 5.59. The highest BCUT2D eigenvalue weighted by Crippen LogP contribution is 2.33. The molecule has 0 saturated heterocycles. The predicted molar refractivity (Wildman–Crippen MR) is 129 cm³/mol. The Morgan fingerprint density at radius 1 is 1.10 bits per heavy atom. The molecule has 2 aromatic heterocycles. The monoisotopic (exact) mass is 451 g/mol. The maximum absolute atomic E-state index is 13.5. The van der Waals surface area contributed by atoms with E-state index in [2.05, 4.69) is 30.3 Å². The molecule has 4 nitrogen and oxygen atoms in total. The first-order valence-electron chi connectivity index (χ1n) is 9.56. The zero-order valence-corrected chi connectivity index (χ0v) is 19.2. The lowest BCUT2D eigenvalue weighted by Gasteiger charge is -2.20. The van der Waals surface area contributed by atoms with E-state index in [1.165, 1.54) is 4.90 Å². The summed E-state index contributed by atoms with van der Waals surface area (Å²) in [5.41, 5.74) is 2.53.